The van der Waals surface area contributed by atoms with E-state index >= 15 is 0 Å². The zero-order valence-corrected chi connectivity index (χ0v) is 60.8. The van der Waals surface area contributed by atoms with E-state index in [9.17, 15) is 43.2 Å². The fourth-order valence-electron chi connectivity index (χ4n) is 11.0. The Morgan fingerprint density at radius 3 is 0.747 bits per heavy atom. The number of hydrogen-bond donors (Lipinski definition) is 3. The molecule has 0 heterocycles. The summed E-state index contributed by atoms with van der Waals surface area (Å²) in [6.07, 6.45) is 52.7. The van der Waals surface area contributed by atoms with E-state index in [0.29, 0.717) is 25.7 Å². The number of esters is 4. The van der Waals surface area contributed by atoms with E-state index in [1.165, 1.54) is 199 Å². The number of hydrogen-bond acceptors (Lipinski definition) is 15. The lowest BCUT2D eigenvalue weighted by atomic mass is 10.0. The highest BCUT2D eigenvalue weighted by atomic mass is 31.2. The first-order chi connectivity index (χ1) is 44.0. The van der Waals surface area contributed by atoms with Crippen LogP contribution in [-0.2, 0) is 65.4 Å². The molecule has 19 heteroatoms. The Bertz CT molecular complexity index is 1750. The molecule has 17 nitrogen and oxygen atoms in total. The minimum Gasteiger partial charge on any atom is -0.462 e. The van der Waals surface area contributed by atoms with Crippen molar-refractivity contribution in [2.75, 3.05) is 39.6 Å². The fraction of sp³-hybridized carbons (Fsp3) is 0.944. The van der Waals surface area contributed by atoms with E-state index in [0.717, 1.165) is 95.8 Å². The Kier molecular flexibility index (Phi) is 64.0. The molecule has 0 aromatic rings. The Balaban J connectivity index is 5.20. The van der Waals surface area contributed by atoms with Gasteiger partial charge < -0.3 is 33.8 Å². The van der Waals surface area contributed by atoms with Crippen LogP contribution < -0.4 is 0 Å². The first kappa shape index (κ1) is 89.1. The first-order valence-corrected chi connectivity index (χ1v) is 40.6. The summed E-state index contributed by atoms with van der Waals surface area (Å²) in [7, 11) is -9.90. The first-order valence-electron chi connectivity index (χ1n) is 37.6. The van der Waals surface area contributed by atoms with Gasteiger partial charge in [0.25, 0.3) is 0 Å². The molecule has 0 spiro atoms. The van der Waals surface area contributed by atoms with Crippen LogP contribution in [-0.4, -0.2) is 96.7 Å². The minimum absolute atomic E-state index is 0.106. The van der Waals surface area contributed by atoms with Crippen molar-refractivity contribution in [3.05, 3.63) is 0 Å². The van der Waals surface area contributed by atoms with Gasteiger partial charge in [0.1, 0.15) is 19.3 Å². The number of ether oxygens (including phenoxy) is 4. The van der Waals surface area contributed by atoms with E-state index in [-0.39, 0.29) is 25.7 Å². The number of unbranched alkanes of at least 4 members (excludes halogenated alkanes) is 44. The van der Waals surface area contributed by atoms with Crippen molar-refractivity contribution in [2.45, 2.75) is 393 Å². The van der Waals surface area contributed by atoms with E-state index in [4.69, 9.17) is 37.0 Å². The summed E-state index contributed by atoms with van der Waals surface area (Å²) in [5.74, 6) is -1.33. The maximum Gasteiger partial charge on any atom is 0.472 e. The second kappa shape index (κ2) is 65.4. The number of aliphatic hydroxyl groups excluding tert-OH is 1. The molecule has 0 amide bonds. The van der Waals surface area contributed by atoms with Crippen LogP contribution in [0.4, 0.5) is 0 Å². The average molecular weight is 1340 g/mol. The summed E-state index contributed by atoms with van der Waals surface area (Å²) >= 11 is 0. The van der Waals surface area contributed by atoms with E-state index in [2.05, 4.69) is 34.6 Å². The van der Waals surface area contributed by atoms with Crippen LogP contribution in [0.2, 0.25) is 0 Å². The van der Waals surface area contributed by atoms with E-state index < -0.39 is 97.5 Å². The van der Waals surface area contributed by atoms with Crippen molar-refractivity contribution in [1.29, 1.82) is 0 Å². The molecule has 0 saturated carbocycles. The predicted octanol–water partition coefficient (Wildman–Crippen LogP) is 20.9. The number of aliphatic hydroxyl groups is 1. The van der Waals surface area contributed by atoms with Crippen molar-refractivity contribution >= 4 is 39.5 Å². The summed E-state index contributed by atoms with van der Waals surface area (Å²) in [4.78, 5) is 72.5. The van der Waals surface area contributed by atoms with Crippen LogP contribution in [0.25, 0.3) is 0 Å². The summed E-state index contributed by atoms with van der Waals surface area (Å²) in [5.41, 5.74) is 0. The molecule has 0 aromatic carbocycles. The SMILES string of the molecule is CCCCCCCCCCCCCCCCCCC(=O)OC[C@H](COP(=O)(O)OC[C@@H](O)COP(=O)(O)OC[C@@H](COC(=O)CCCCCCCCCCC)OC(=O)CCCCCCCCCCC)OC(=O)CCCCCCCCCCCCCCCCC(C)C. The van der Waals surface area contributed by atoms with Crippen LogP contribution in [0, 0.1) is 5.92 Å². The molecular formula is C72H140O17P2. The van der Waals surface area contributed by atoms with Gasteiger partial charge in [-0.3, -0.25) is 37.3 Å². The van der Waals surface area contributed by atoms with Crippen molar-refractivity contribution in [1.82, 2.24) is 0 Å². The van der Waals surface area contributed by atoms with Crippen LogP contribution in [0.5, 0.6) is 0 Å². The van der Waals surface area contributed by atoms with Gasteiger partial charge in [-0.2, -0.15) is 0 Å². The molecule has 2 unspecified atom stereocenters. The summed E-state index contributed by atoms with van der Waals surface area (Å²) in [5, 5.41) is 10.6. The van der Waals surface area contributed by atoms with Gasteiger partial charge in [-0.1, -0.05) is 324 Å². The third kappa shape index (κ3) is 66.5. The molecule has 0 fully saturated rings. The Morgan fingerprint density at radius 2 is 0.505 bits per heavy atom. The highest BCUT2D eigenvalue weighted by molar-refractivity contribution is 7.47. The van der Waals surface area contributed by atoms with E-state index in [1.54, 1.807) is 0 Å². The standard InChI is InChI=1S/C72H140O17P2/c1-6-9-12-15-18-21-22-23-24-25-29-32-37-41-46-51-56-70(75)83-62-68(89-72(77)58-53-48-43-38-33-30-27-26-28-31-36-39-44-49-54-65(4)5)64-87-91(80,81)85-60-66(73)59-84-90(78,79)86-63-67(88-71(76)57-52-47-42-35-20-17-14-11-8-3)61-82-69(74)55-50-45-40-34-19-16-13-10-7-2/h65-68,73H,6-64H2,1-5H3,(H,78,79)(H,80,81)/t66-,67+,68+/m0/s1. The smallest absolute Gasteiger partial charge is 0.462 e. The van der Waals surface area contributed by atoms with Gasteiger partial charge in [0, 0.05) is 25.7 Å². The minimum atomic E-state index is -4.95. The number of phosphoric ester groups is 2. The molecule has 0 aliphatic carbocycles. The molecule has 0 rings (SSSR count). The second-order valence-corrected chi connectivity index (χ2v) is 29.4. The number of carbonyl (C=O) groups is 4. The quantitative estimate of drug-likeness (QED) is 0.0222. The molecule has 0 aromatic heterocycles. The van der Waals surface area contributed by atoms with E-state index in [1.807, 2.05) is 0 Å². The highest BCUT2D eigenvalue weighted by Gasteiger charge is 2.30. The average Bonchev–Trinajstić information content (AvgIpc) is 2.94. The largest absolute Gasteiger partial charge is 0.472 e. The summed E-state index contributed by atoms with van der Waals surface area (Å²) in [6.45, 7) is 7.26. The van der Waals surface area contributed by atoms with Gasteiger partial charge >= 0.3 is 39.5 Å². The predicted molar refractivity (Wildman–Crippen MR) is 368 cm³/mol. The second-order valence-electron chi connectivity index (χ2n) is 26.5. The lowest BCUT2D eigenvalue weighted by Gasteiger charge is -2.21. The van der Waals surface area contributed by atoms with Crippen LogP contribution in [0.1, 0.15) is 375 Å². The third-order valence-electron chi connectivity index (χ3n) is 16.8. The normalized spacial score (nSPS) is 14.0. The van der Waals surface area contributed by atoms with Crippen molar-refractivity contribution < 1.29 is 80.2 Å². The Hall–Kier alpha value is -1.94. The monoisotopic (exact) mass is 1340 g/mol. The molecule has 540 valence electrons. The Morgan fingerprint density at radius 1 is 0.297 bits per heavy atom. The maximum absolute atomic E-state index is 13.0. The molecule has 0 aliphatic heterocycles. The highest BCUT2D eigenvalue weighted by Crippen LogP contribution is 2.45. The Labute approximate surface area is 556 Å². The molecular weight excluding hydrogens is 1200 g/mol. The van der Waals surface area contributed by atoms with Crippen LogP contribution >= 0.6 is 15.6 Å². The van der Waals surface area contributed by atoms with Gasteiger partial charge in [0.2, 0.25) is 0 Å². The van der Waals surface area contributed by atoms with Crippen LogP contribution in [0.15, 0.2) is 0 Å². The molecule has 5 atom stereocenters. The summed E-state index contributed by atoms with van der Waals surface area (Å²) < 4.78 is 68.3. The molecule has 91 heavy (non-hydrogen) atoms. The molecule has 0 bridgehead atoms. The van der Waals surface area contributed by atoms with Gasteiger partial charge in [0.15, 0.2) is 12.2 Å². The van der Waals surface area contributed by atoms with Crippen molar-refractivity contribution in [3.8, 4) is 0 Å². The zero-order chi connectivity index (χ0) is 67.0. The van der Waals surface area contributed by atoms with Crippen molar-refractivity contribution in [3.63, 3.8) is 0 Å². The zero-order valence-electron chi connectivity index (χ0n) is 59.0. The van der Waals surface area contributed by atoms with Crippen LogP contribution in [0.3, 0.4) is 0 Å². The fourth-order valence-corrected chi connectivity index (χ4v) is 12.6. The van der Waals surface area contributed by atoms with Crippen molar-refractivity contribution in [2.24, 2.45) is 5.92 Å². The van der Waals surface area contributed by atoms with Gasteiger partial charge in [-0.05, 0) is 31.6 Å². The lowest BCUT2D eigenvalue weighted by molar-refractivity contribution is -0.161. The molecule has 3 N–H and O–H groups in total. The third-order valence-corrected chi connectivity index (χ3v) is 18.7. The van der Waals surface area contributed by atoms with Gasteiger partial charge in [-0.25, -0.2) is 9.13 Å². The van der Waals surface area contributed by atoms with Gasteiger partial charge in [0.05, 0.1) is 26.4 Å². The summed E-state index contributed by atoms with van der Waals surface area (Å²) in [6, 6.07) is 0. The molecule has 0 aliphatic rings. The molecule has 0 saturated heterocycles. The number of phosphoric acid groups is 2. The molecule has 0 radical (unpaired) electrons. The number of rotatable bonds is 72. The topological polar surface area (TPSA) is 237 Å². The van der Waals surface area contributed by atoms with Gasteiger partial charge in [-0.15, -0.1) is 0 Å². The lowest BCUT2D eigenvalue weighted by Crippen LogP contribution is -2.30. The maximum atomic E-state index is 13.0. The number of carbonyl (C=O) groups excluding carboxylic acids is 4.